The number of rotatable bonds is 23. The summed E-state index contributed by atoms with van der Waals surface area (Å²) in [5, 5.41) is 0. The molecule has 0 spiro atoms. The number of hydrogen-bond donors (Lipinski definition) is 1. The fraction of sp³-hybridized carbons (Fsp3) is 1.00. The van der Waals surface area contributed by atoms with Crippen molar-refractivity contribution in [1.29, 1.82) is 0 Å². The van der Waals surface area contributed by atoms with Gasteiger partial charge in [0.15, 0.2) is 0 Å². The van der Waals surface area contributed by atoms with Gasteiger partial charge in [0.2, 0.25) is 0 Å². The minimum Gasteiger partial charge on any atom is -0.379 e. The standard InChI is InChI=1S/C24H52NO5P/c1-6-7-8-9-10-11-12-13-14-15-16-17-18-19-21-28-23-24(2)30-31(26,27)29-22-20-25(3,4)5/h24H,6-23H2,1-5H3/p+1/t24-/m0/s1. The van der Waals surface area contributed by atoms with Crippen molar-refractivity contribution in [3.63, 3.8) is 0 Å². The van der Waals surface area contributed by atoms with Gasteiger partial charge in [0, 0.05) is 6.61 Å². The van der Waals surface area contributed by atoms with Gasteiger partial charge in [-0.1, -0.05) is 90.4 Å². The Morgan fingerprint density at radius 3 is 1.68 bits per heavy atom. The SMILES string of the molecule is CCCCCCCCCCCCCCCCOC[C@H](C)OP(=O)(O)OCC[N+](C)(C)C. The van der Waals surface area contributed by atoms with E-state index >= 15 is 0 Å². The van der Waals surface area contributed by atoms with Crippen LogP contribution in [0.25, 0.3) is 0 Å². The van der Waals surface area contributed by atoms with E-state index in [1.165, 1.54) is 83.5 Å². The van der Waals surface area contributed by atoms with Crippen molar-refractivity contribution in [3.8, 4) is 0 Å². The number of nitrogens with zero attached hydrogens (tertiary/aromatic N) is 1. The zero-order valence-corrected chi connectivity index (χ0v) is 22.2. The molecule has 0 aliphatic carbocycles. The number of unbranched alkanes of at least 4 members (excludes halogenated alkanes) is 13. The van der Waals surface area contributed by atoms with Crippen molar-refractivity contribution >= 4 is 7.82 Å². The molecule has 0 rings (SSSR count). The fourth-order valence-corrected chi connectivity index (χ4v) is 4.26. The first-order valence-corrected chi connectivity index (χ1v) is 14.2. The largest absolute Gasteiger partial charge is 0.472 e. The van der Waals surface area contributed by atoms with Crippen LogP contribution in [0.1, 0.15) is 104 Å². The van der Waals surface area contributed by atoms with Crippen LogP contribution in [0, 0.1) is 0 Å². The van der Waals surface area contributed by atoms with Crippen LogP contribution >= 0.6 is 7.82 Å². The highest BCUT2D eigenvalue weighted by atomic mass is 31.2. The lowest BCUT2D eigenvalue weighted by Crippen LogP contribution is -2.37. The number of quaternary nitrogens is 1. The van der Waals surface area contributed by atoms with Crippen LogP contribution in [0.3, 0.4) is 0 Å². The molecule has 2 atom stereocenters. The Morgan fingerprint density at radius 1 is 0.774 bits per heavy atom. The predicted octanol–water partition coefficient (Wildman–Crippen LogP) is 6.71. The molecule has 0 aromatic heterocycles. The number of phosphoric acid groups is 1. The molecule has 31 heavy (non-hydrogen) atoms. The number of likely N-dealkylation sites (N-methyl/N-ethyl adjacent to an activating group) is 1. The Balaban J connectivity index is 3.42. The molecule has 0 aromatic carbocycles. The lowest BCUT2D eigenvalue weighted by Gasteiger charge is -2.24. The zero-order chi connectivity index (χ0) is 23.4. The van der Waals surface area contributed by atoms with Gasteiger partial charge < -0.3 is 14.1 Å². The van der Waals surface area contributed by atoms with Crippen LogP contribution in [-0.2, 0) is 18.3 Å². The third kappa shape index (κ3) is 24.5. The van der Waals surface area contributed by atoms with E-state index in [2.05, 4.69) is 6.92 Å². The third-order valence-corrected chi connectivity index (χ3v) is 6.46. The maximum absolute atomic E-state index is 11.9. The van der Waals surface area contributed by atoms with Crippen molar-refractivity contribution in [1.82, 2.24) is 0 Å². The summed E-state index contributed by atoms with van der Waals surface area (Å²) in [6.45, 7) is 5.80. The van der Waals surface area contributed by atoms with Crippen LogP contribution in [-0.4, -0.2) is 63.0 Å². The monoisotopic (exact) mass is 466 g/mol. The number of ether oxygens (including phenoxy) is 1. The Bertz CT molecular complexity index is 442. The van der Waals surface area contributed by atoms with E-state index in [1.807, 2.05) is 21.1 Å². The first-order chi connectivity index (χ1) is 14.7. The van der Waals surface area contributed by atoms with E-state index < -0.39 is 13.9 Å². The van der Waals surface area contributed by atoms with Crippen molar-refractivity contribution in [2.24, 2.45) is 0 Å². The molecule has 0 aromatic rings. The van der Waals surface area contributed by atoms with Gasteiger partial charge in [-0.2, -0.15) is 0 Å². The number of phosphoric ester groups is 1. The average Bonchev–Trinajstić information content (AvgIpc) is 2.66. The van der Waals surface area contributed by atoms with E-state index in [-0.39, 0.29) is 6.61 Å². The smallest absolute Gasteiger partial charge is 0.379 e. The Morgan fingerprint density at radius 2 is 1.23 bits per heavy atom. The maximum Gasteiger partial charge on any atom is 0.472 e. The van der Waals surface area contributed by atoms with Crippen molar-refractivity contribution in [2.75, 3.05) is 47.5 Å². The molecule has 0 saturated carbocycles. The van der Waals surface area contributed by atoms with Gasteiger partial charge in [0.25, 0.3) is 0 Å². The van der Waals surface area contributed by atoms with Gasteiger partial charge in [-0.25, -0.2) is 4.57 Å². The maximum atomic E-state index is 11.9. The van der Waals surface area contributed by atoms with E-state index in [9.17, 15) is 9.46 Å². The Labute approximate surface area is 193 Å². The second kappa shape index (κ2) is 19.5. The molecule has 0 fully saturated rings. The molecule has 1 unspecified atom stereocenters. The molecule has 0 amide bonds. The van der Waals surface area contributed by atoms with Gasteiger partial charge in [0.05, 0.1) is 33.9 Å². The molecule has 7 heteroatoms. The van der Waals surface area contributed by atoms with Crippen LogP contribution < -0.4 is 0 Å². The van der Waals surface area contributed by atoms with E-state index in [1.54, 1.807) is 6.92 Å². The van der Waals surface area contributed by atoms with Crippen LogP contribution in [0.2, 0.25) is 0 Å². The van der Waals surface area contributed by atoms with Crippen molar-refractivity contribution < 1.29 is 27.7 Å². The number of hydrogen-bond acceptors (Lipinski definition) is 4. The third-order valence-electron chi connectivity index (χ3n) is 5.32. The zero-order valence-electron chi connectivity index (χ0n) is 21.3. The second-order valence-corrected chi connectivity index (χ2v) is 11.3. The van der Waals surface area contributed by atoms with Crippen molar-refractivity contribution in [3.05, 3.63) is 0 Å². The molecule has 0 heterocycles. The summed E-state index contributed by atoms with van der Waals surface area (Å²) in [5.41, 5.74) is 0. The molecule has 0 aliphatic heterocycles. The summed E-state index contributed by atoms with van der Waals surface area (Å²) in [7, 11) is 1.98. The molecular weight excluding hydrogens is 413 g/mol. The molecule has 0 aliphatic rings. The summed E-state index contributed by atoms with van der Waals surface area (Å²) in [6.07, 6.45) is 18.2. The lowest BCUT2D eigenvalue weighted by molar-refractivity contribution is -0.870. The summed E-state index contributed by atoms with van der Waals surface area (Å²) in [4.78, 5) is 9.77. The molecule has 0 bridgehead atoms. The molecule has 6 nitrogen and oxygen atoms in total. The summed E-state index contributed by atoms with van der Waals surface area (Å²) in [6, 6.07) is 0. The van der Waals surface area contributed by atoms with Gasteiger partial charge in [-0.15, -0.1) is 0 Å². The van der Waals surface area contributed by atoms with E-state index in [0.717, 1.165) is 6.42 Å². The van der Waals surface area contributed by atoms with Gasteiger partial charge in [-0.3, -0.25) is 9.05 Å². The second-order valence-electron chi connectivity index (χ2n) is 9.90. The topological polar surface area (TPSA) is 65.0 Å². The Hall–Kier alpha value is 0.0300. The van der Waals surface area contributed by atoms with E-state index in [0.29, 0.717) is 24.2 Å². The van der Waals surface area contributed by atoms with Crippen molar-refractivity contribution in [2.45, 2.75) is 110 Å². The van der Waals surface area contributed by atoms with Gasteiger partial charge >= 0.3 is 7.82 Å². The van der Waals surface area contributed by atoms with Gasteiger partial charge in [-0.05, 0) is 13.3 Å². The first-order valence-electron chi connectivity index (χ1n) is 12.7. The minimum absolute atomic E-state index is 0.184. The molecule has 1 N–H and O–H groups in total. The van der Waals surface area contributed by atoms with Crippen LogP contribution in [0.15, 0.2) is 0 Å². The van der Waals surface area contributed by atoms with Gasteiger partial charge in [0.1, 0.15) is 13.2 Å². The first kappa shape index (κ1) is 31.0. The Kier molecular flexibility index (Phi) is 19.5. The summed E-state index contributed by atoms with van der Waals surface area (Å²) >= 11 is 0. The predicted molar refractivity (Wildman–Crippen MR) is 130 cm³/mol. The lowest BCUT2D eigenvalue weighted by atomic mass is 10.0. The fourth-order valence-electron chi connectivity index (χ4n) is 3.37. The minimum atomic E-state index is -4.02. The molecule has 188 valence electrons. The molecular formula is C24H53NO5P+. The van der Waals surface area contributed by atoms with Crippen LogP contribution in [0.5, 0.6) is 0 Å². The average molecular weight is 467 g/mol. The normalized spacial score (nSPS) is 15.2. The highest BCUT2D eigenvalue weighted by Crippen LogP contribution is 2.44. The molecule has 0 radical (unpaired) electrons. The highest BCUT2D eigenvalue weighted by molar-refractivity contribution is 7.47. The summed E-state index contributed by atoms with van der Waals surface area (Å²) in [5.74, 6) is 0. The molecule has 0 saturated heterocycles. The summed E-state index contributed by atoms with van der Waals surface area (Å²) < 4.78 is 28.3. The highest BCUT2D eigenvalue weighted by Gasteiger charge is 2.25. The quantitative estimate of drug-likeness (QED) is 0.103. The van der Waals surface area contributed by atoms with E-state index in [4.69, 9.17) is 13.8 Å². The van der Waals surface area contributed by atoms with Crippen LogP contribution in [0.4, 0.5) is 0 Å².